The van der Waals surface area contributed by atoms with Crippen molar-refractivity contribution in [3.63, 3.8) is 0 Å². The zero-order chi connectivity index (χ0) is 13.5. The Labute approximate surface area is 106 Å². The van der Waals surface area contributed by atoms with Crippen molar-refractivity contribution in [2.45, 2.75) is 20.0 Å². The van der Waals surface area contributed by atoms with Crippen LogP contribution in [-0.2, 0) is 4.79 Å². The summed E-state index contributed by atoms with van der Waals surface area (Å²) in [5, 5.41) is 11.5. The second-order valence-electron chi connectivity index (χ2n) is 4.22. The molecule has 0 bridgehead atoms. The number of carbonyl (C=O) groups excluding carboxylic acids is 1. The van der Waals surface area contributed by atoms with Crippen molar-refractivity contribution < 1.29 is 19.0 Å². The predicted octanol–water partition coefficient (Wildman–Crippen LogP) is 1.34. The van der Waals surface area contributed by atoms with E-state index >= 15 is 0 Å². The van der Waals surface area contributed by atoms with Crippen LogP contribution in [0.3, 0.4) is 0 Å². The van der Waals surface area contributed by atoms with E-state index in [1.54, 1.807) is 19.1 Å². The average Bonchev–Trinajstić information content (AvgIpc) is 2.38. The standard InChI is InChI=1S/C13H18FNO3/c1-9(8-16)7-15-13(17)10(2)18-12-6-4-3-5-11(12)14/h3-6,9-10,16H,7-8H2,1-2H3,(H,15,17). The van der Waals surface area contributed by atoms with Crippen molar-refractivity contribution in [3.05, 3.63) is 30.1 Å². The van der Waals surface area contributed by atoms with Crippen molar-refractivity contribution in [3.8, 4) is 5.75 Å². The summed E-state index contributed by atoms with van der Waals surface area (Å²) in [6.45, 7) is 3.72. The number of aliphatic hydroxyl groups excluding tert-OH is 1. The molecule has 4 nitrogen and oxygen atoms in total. The van der Waals surface area contributed by atoms with Crippen molar-refractivity contribution in [1.82, 2.24) is 5.32 Å². The van der Waals surface area contributed by atoms with E-state index in [0.717, 1.165) is 0 Å². The van der Waals surface area contributed by atoms with Crippen LogP contribution >= 0.6 is 0 Å². The fourth-order valence-corrected chi connectivity index (χ4v) is 1.27. The minimum atomic E-state index is -0.784. The van der Waals surface area contributed by atoms with E-state index in [4.69, 9.17) is 9.84 Å². The molecule has 5 heteroatoms. The van der Waals surface area contributed by atoms with Crippen molar-refractivity contribution in [1.29, 1.82) is 0 Å². The molecule has 100 valence electrons. The quantitative estimate of drug-likeness (QED) is 0.806. The largest absolute Gasteiger partial charge is 0.478 e. The second kappa shape index (κ2) is 6.96. The molecule has 0 heterocycles. The van der Waals surface area contributed by atoms with Gasteiger partial charge in [0.25, 0.3) is 5.91 Å². The maximum Gasteiger partial charge on any atom is 0.260 e. The SMILES string of the molecule is CC(CO)CNC(=O)C(C)Oc1ccccc1F. The Bertz CT molecular complexity index is 398. The molecule has 1 rings (SSSR count). The number of aliphatic hydroxyl groups is 1. The number of nitrogens with one attached hydrogen (secondary N) is 1. The highest BCUT2D eigenvalue weighted by molar-refractivity contribution is 5.80. The summed E-state index contributed by atoms with van der Waals surface area (Å²) in [6, 6.07) is 5.93. The van der Waals surface area contributed by atoms with Crippen LogP contribution in [0.1, 0.15) is 13.8 Å². The molecule has 0 radical (unpaired) electrons. The number of ether oxygens (including phenoxy) is 1. The molecular formula is C13H18FNO3. The number of amides is 1. The molecule has 0 saturated carbocycles. The van der Waals surface area contributed by atoms with Gasteiger partial charge < -0.3 is 15.2 Å². The molecule has 2 unspecified atom stereocenters. The van der Waals surface area contributed by atoms with E-state index in [0.29, 0.717) is 6.54 Å². The third kappa shape index (κ3) is 4.33. The summed E-state index contributed by atoms with van der Waals surface area (Å²) in [5.41, 5.74) is 0. The van der Waals surface area contributed by atoms with Gasteiger partial charge in [-0.2, -0.15) is 0 Å². The van der Waals surface area contributed by atoms with E-state index in [1.807, 2.05) is 6.92 Å². The Balaban J connectivity index is 2.47. The molecule has 1 aromatic carbocycles. The first-order chi connectivity index (χ1) is 8.54. The number of para-hydroxylation sites is 1. The minimum absolute atomic E-state index is 0.00281. The van der Waals surface area contributed by atoms with Gasteiger partial charge in [0.2, 0.25) is 0 Å². The fraction of sp³-hybridized carbons (Fsp3) is 0.462. The molecule has 1 aromatic rings. The summed E-state index contributed by atoms with van der Waals surface area (Å²) in [7, 11) is 0. The third-order valence-corrected chi connectivity index (χ3v) is 2.45. The van der Waals surface area contributed by atoms with Crippen LogP contribution in [0, 0.1) is 11.7 Å². The Morgan fingerprint density at radius 1 is 1.44 bits per heavy atom. The number of hydrogen-bond donors (Lipinski definition) is 2. The number of hydrogen-bond acceptors (Lipinski definition) is 3. The van der Waals surface area contributed by atoms with Crippen LogP contribution in [0.15, 0.2) is 24.3 Å². The summed E-state index contributed by atoms with van der Waals surface area (Å²) in [5.74, 6) is -0.801. The lowest BCUT2D eigenvalue weighted by Gasteiger charge is -2.16. The number of halogens is 1. The summed E-state index contributed by atoms with van der Waals surface area (Å²) in [4.78, 5) is 11.6. The van der Waals surface area contributed by atoms with Gasteiger partial charge in [-0.3, -0.25) is 4.79 Å². The van der Waals surface area contributed by atoms with Gasteiger partial charge in [-0.1, -0.05) is 19.1 Å². The first-order valence-corrected chi connectivity index (χ1v) is 5.84. The number of benzene rings is 1. The maximum atomic E-state index is 13.3. The smallest absolute Gasteiger partial charge is 0.260 e. The molecule has 0 aliphatic rings. The molecule has 0 spiro atoms. The van der Waals surface area contributed by atoms with Gasteiger partial charge in [-0.05, 0) is 25.0 Å². The molecule has 1 amide bonds. The summed E-state index contributed by atoms with van der Waals surface area (Å²) < 4.78 is 18.5. The normalized spacial score (nSPS) is 13.8. The van der Waals surface area contributed by atoms with E-state index in [1.165, 1.54) is 12.1 Å². The van der Waals surface area contributed by atoms with Crippen molar-refractivity contribution in [2.75, 3.05) is 13.2 Å². The van der Waals surface area contributed by atoms with Crippen LogP contribution in [-0.4, -0.2) is 30.3 Å². The first-order valence-electron chi connectivity index (χ1n) is 5.84. The van der Waals surface area contributed by atoms with Crippen LogP contribution in [0.5, 0.6) is 5.75 Å². The maximum absolute atomic E-state index is 13.3. The molecule has 0 aliphatic heterocycles. The van der Waals surface area contributed by atoms with Crippen molar-refractivity contribution >= 4 is 5.91 Å². The Hall–Kier alpha value is -1.62. The van der Waals surface area contributed by atoms with Gasteiger partial charge >= 0.3 is 0 Å². The second-order valence-corrected chi connectivity index (χ2v) is 4.22. The predicted molar refractivity (Wildman–Crippen MR) is 65.7 cm³/mol. The van der Waals surface area contributed by atoms with Crippen LogP contribution in [0.25, 0.3) is 0 Å². The highest BCUT2D eigenvalue weighted by atomic mass is 19.1. The number of carbonyl (C=O) groups is 1. The molecule has 0 fully saturated rings. The first kappa shape index (κ1) is 14.4. The summed E-state index contributed by atoms with van der Waals surface area (Å²) in [6.07, 6.45) is -0.784. The lowest BCUT2D eigenvalue weighted by atomic mass is 10.2. The Kier molecular flexibility index (Phi) is 5.58. The molecule has 0 aromatic heterocycles. The lowest BCUT2D eigenvalue weighted by molar-refractivity contribution is -0.127. The number of rotatable bonds is 6. The van der Waals surface area contributed by atoms with Crippen LogP contribution in [0.4, 0.5) is 4.39 Å². The minimum Gasteiger partial charge on any atom is -0.478 e. The highest BCUT2D eigenvalue weighted by Crippen LogP contribution is 2.16. The fourth-order valence-electron chi connectivity index (χ4n) is 1.27. The zero-order valence-corrected chi connectivity index (χ0v) is 10.5. The zero-order valence-electron chi connectivity index (χ0n) is 10.5. The average molecular weight is 255 g/mol. The van der Waals surface area contributed by atoms with Gasteiger partial charge in [0.1, 0.15) is 0 Å². The Morgan fingerprint density at radius 2 is 2.11 bits per heavy atom. The van der Waals surface area contributed by atoms with Gasteiger partial charge in [-0.15, -0.1) is 0 Å². The van der Waals surface area contributed by atoms with Crippen LogP contribution in [0.2, 0.25) is 0 Å². The van der Waals surface area contributed by atoms with E-state index < -0.39 is 11.9 Å². The molecule has 2 atom stereocenters. The van der Waals surface area contributed by atoms with E-state index in [9.17, 15) is 9.18 Å². The van der Waals surface area contributed by atoms with Gasteiger partial charge in [-0.25, -0.2) is 4.39 Å². The van der Waals surface area contributed by atoms with Gasteiger partial charge in [0.15, 0.2) is 17.7 Å². The monoisotopic (exact) mass is 255 g/mol. The molecule has 18 heavy (non-hydrogen) atoms. The molecule has 0 aliphatic carbocycles. The molecule has 0 saturated heterocycles. The molecular weight excluding hydrogens is 237 g/mol. The van der Waals surface area contributed by atoms with E-state index in [-0.39, 0.29) is 24.2 Å². The third-order valence-electron chi connectivity index (χ3n) is 2.45. The highest BCUT2D eigenvalue weighted by Gasteiger charge is 2.16. The molecule has 2 N–H and O–H groups in total. The van der Waals surface area contributed by atoms with E-state index in [2.05, 4.69) is 5.32 Å². The van der Waals surface area contributed by atoms with Gasteiger partial charge in [0, 0.05) is 13.2 Å². The lowest BCUT2D eigenvalue weighted by Crippen LogP contribution is -2.39. The summed E-state index contributed by atoms with van der Waals surface area (Å²) >= 11 is 0. The van der Waals surface area contributed by atoms with Gasteiger partial charge in [0.05, 0.1) is 0 Å². The van der Waals surface area contributed by atoms with Crippen LogP contribution < -0.4 is 10.1 Å². The topological polar surface area (TPSA) is 58.6 Å². The Morgan fingerprint density at radius 3 is 2.72 bits per heavy atom. The van der Waals surface area contributed by atoms with Crippen molar-refractivity contribution in [2.24, 2.45) is 5.92 Å².